The van der Waals surface area contributed by atoms with Crippen LogP contribution in [0.15, 0.2) is 30.3 Å². The maximum Gasteiger partial charge on any atom is 0.251 e. The third-order valence-electron chi connectivity index (χ3n) is 3.78. The van der Waals surface area contributed by atoms with Crippen molar-refractivity contribution in [3.8, 4) is 0 Å². The Morgan fingerprint density at radius 1 is 1.25 bits per heavy atom. The molecule has 108 valence electrons. The first-order chi connectivity index (χ1) is 9.68. The zero-order valence-electron chi connectivity index (χ0n) is 12.0. The highest BCUT2D eigenvalue weighted by Crippen LogP contribution is 2.16. The standard InChI is InChI=1S/C16H22N2O2/c1-13-7-5-6-12-18(13)15(19)10-11-17-16(20)14-8-3-2-4-9-14/h2-4,8-9,13H,5-7,10-12H2,1H3,(H,17,20)/t13-/m1/s1. The van der Waals surface area contributed by atoms with Crippen LogP contribution >= 0.6 is 0 Å². The van der Waals surface area contributed by atoms with Gasteiger partial charge in [0.15, 0.2) is 0 Å². The molecule has 0 saturated carbocycles. The Morgan fingerprint density at radius 2 is 2.00 bits per heavy atom. The number of hydrogen-bond acceptors (Lipinski definition) is 2. The van der Waals surface area contributed by atoms with Gasteiger partial charge in [-0.15, -0.1) is 0 Å². The van der Waals surface area contributed by atoms with E-state index in [0.29, 0.717) is 24.6 Å². The Bertz CT molecular complexity index is 459. The normalized spacial score (nSPS) is 18.6. The molecule has 0 aromatic heterocycles. The first-order valence-corrected chi connectivity index (χ1v) is 7.31. The minimum atomic E-state index is -0.120. The van der Waals surface area contributed by atoms with E-state index in [1.54, 1.807) is 12.1 Å². The number of piperidine rings is 1. The summed E-state index contributed by atoms with van der Waals surface area (Å²) < 4.78 is 0. The van der Waals surface area contributed by atoms with E-state index in [1.165, 1.54) is 6.42 Å². The number of rotatable bonds is 4. The van der Waals surface area contributed by atoms with Crippen molar-refractivity contribution in [2.45, 2.75) is 38.6 Å². The number of hydrogen-bond donors (Lipinski definition) is 1. The van der Waals surface area contributed by atoms with Crippen LogP contribution in [-0.2, 0) is 4.79 Å². The molecule has 0 radical (unpaired) electrons. The molecule has 1 aromatic rings. The fraction of sp³-hybridized carbons (Fsp3) is 0.500. The number of benzene rings is 1. The minimum Gasteiger partial charge on any atom is -0.352 e. The fourth-order valence-electron chi connectivity index (χ4n) is 2.59. The lowest BCUT2D eigenvalue weighted by Crippen LogP contribution is -2.43. The Balaban J connectivity index is 1.75. The first-order valence-electron chi connectivity index (χ1n) is 7.31. The molecule has 4 nitrogen and oxygen atoms in total. The van der Waals surface area contributed by atoms with Crippen LogP contribution in [0.3, 0.4) is 0 Å². The van der Waals surface area contributed by atoms with Gasteiger partial charge in [0.1, 0.15) is 0 Å². The Morgan fingerprint density at radius 3 is 2.70 bits per heavy atom. The summed E-state index contributed by atoms with van der Waals surface area (Å²) in [4.78, 5) is 25.9. The van der Waals surface area contributed by atoms with Gasteiger partial charge in [0.05, 0.1) is 0 Å². The van der Waals surface area contributed by atoms with E-state index in [4.69, 9.17) is 0 Å². The fourth-order valence-corrected chi connectivity index (χ4v) is 2.59. The molecule has 0 bridgehead atoms. The average Bonchev–Trinajstić information content (AvgIpc) is 2.48. The number of nitrogens with zero attached hydrogens (tertiary/aromatic N) is 1. The maximum absolute atomic E-state index is 12.1. The lowest BCUT2D eigenvalue weighted by atomic mass is 10.0. The molecule has 1 fully saturated rings. The van der Waals surface area contributed by atoms with E-state index >= 15 is 0 Å². The Kier molecular flexibility index (Phi) is 5.16. The zero-order chi connectivity index (χ0) is 14.4. The molecule has 4 heteroatoms. The lowest BCUT2D eigenvalue weighted by Gasteiger charge is -2.33. The van der Waals surface area contributed by atoms with Gasteiger partial charge >= 0.3 is 0 Å². The molecule has 1 aliphatic rings. The molecule has 1 saturated heterocycles. The average molecular weight is 274 g/mol. The quantitative estimate of drug-likeness (QED) is 0.915. The number of likely N-dealkylation sites (tertiary alicyclic amines) is 1. The topological polar surface area (TPSA) is 49.4 Å². The highest BCUT2D eigenvalue weighted by Gasteiger charge is 2.22. The monoisotopic (exact) mass is 274 g/mol. The summed E-state index contributed by atoms with van der Waals surface area (Å²) in [5, 5.41) is 2.80. The van der Waals surface area contributed by atoms with Crippen LogP contribution in [-0.4, -0.2) is 35.8 Å². The smallest absolute Gasteiger partial charge is 0.251 e. The number of nitrogens with one attached hydrogen (secondary N) is 1. The van der Waals surface area contributed by atoms with Gasteiger partial charge in [-0.05, 0) is 38.3 Å². The summed E-state index contributed by atoms with van der Waals surface area (Å²) in [6, 6.07) is 9.40. The number of amides is 2. The second-order valence-corrected chi connectivity index (χ2v) is 5.30. The van der Waals surface area contributed by atoms with E-state index in [1.807, 2.05) is 23.1 Å². The molecule has 0 spiro atoms. The van der Waals surface area contributed by atoms with Crippen LogP contribution < -0.4 is 5.32 Å². The summed E-state index contributed by atoms with van der Waals surface area (Å²) >= 11 is 0. The second-order valence-electron chi connectivity index (χ2n) is 5.30. The molecule has 1 aliphatic heterocycles. The highest BCUT2D eigenvalue weighted by atomic mass is 16.2. The van der Waals surface area contributed by atoms with Crippen molar-refractivity contribution in [3.63, 3.8) is 0 Å². The van der Waals surface area contributed by atoms with Crippen LogP contribution in [0.2, 0.25) is 0 Å². The van der Waals surface area contributed by atoms with Crippen molar-refractivity contribution in [3.05, 3.63) is 35.9 Å². The molecule has 0 unspecified atom stereocenters. The Labute approximate surface area is 120 Å². The summed E-state index contributed by atoms with van der Waals surface area (Å²) in [5.74, 6) is 0.0238. The van der Waals surface area contributed by atoms with Crippen molar-refractivity contribution >= 4 is 11.8 Å². The van der Waals surface area contributed by atoms with Crippen LogP contribution in [0, 0.1) is 0 Å². The maximum atomic E-state index is 12.1. The number of carbonyl (C=O) groups excluding carboxylic acids is 2. The van der Waals surface area contributed by atoms with Gasteiger partial charge in [0, 0.05) is 31.1 Å². The molecular weight excluding hydrogens is 252 g/mol. The summed E-state index contributed by atoms with van der Waals surface area (Å²) in [7, 11) is 0. The third kappa shape index (κ3) is 3.83. The molecule has 1 atom stereocenters. The van der Waals surface area contributed by atoms with Crippen molar-refractivity contribution in [2.24, 2.45) is 0 Å². The SMILES string of the molecule is C[C@@H]1CCCCN1C(=O)CCNC(=O)c1ccccc1. The minimum absolute atomic E-state index is 0.120. The predicted molar refractivity (Wildman–Crippen MR) is 78.4 cm³/mol. The van der Waals surface area contributed by atoms with E-state index in [0.717, 1.165) is 19.4 Å². The van der Waals surface area contributed by atoms with E-state index in [9.17, 15) is 9.59 Å². The van der Waals surface area contributed by atoms with Gasteiger partial charge in [-0.2, -0.15) is 0 Å². The molecule has 0 aliphatic carbocycles. The van der Waals surface area contributed by atoms with Crippen LogP contribution in [0.5, 0.6) is 0 Å². The lowest BCUT2D eigenvalue weighted by molar-refractivity contribution is -0.134. The van der Waals surface area contributed by atoms with Crippen molar-refractivity contribution in [1.82, 2.24) is 10.2 Å². The van der Waals surface area contributed by atoms with Gasteiger partial charge in [-0.25, -0.2) is 0 Å². The Hall–Kier alpha value is -1.84. The van der Waals surface area contributed by atoms with Gasteiger partial charge in [0.25, 0.3) is 5.91 Å². The number of carbonyl (C=O) groups is 2. The molecule has 1 N–H and O–H groups in total. The molecule has 20 heavy (non-hydrogen) atoms. The highest BCUT2D eigenvalue weighted by molar-refractivity contribution is 5.94. The predicted octanol–water partition coefficient (Wildman–Crippen LogP) is 2.21. The van der Waals surface area contributed by atoms with Crippen LogP contribution in [0.4, 0.5) is 0 Å². The molecular formula is C16H22N2O2. The summed E-state index contributed by atoms with van der Waals surface area (Å²) in [6.45, 7) is 3.35. The third-order valence-corrected chi connectivity index (χ3v) is 3.78. The van der Waals surface area contributed by atoms with E-state index in [2.05, 4.69) is 12.2 Å². The second kappa shape index (κ2) is 7.08. The van der Waals surface area contributed by atoms with Gasteiger partial charge in [0.2, 0.25) is 5.91 Å². The molecule has 1 aromatic carbocycles. The first kappa shape index (κ1) is 14.6. The van der Waals surface area contributed by atoms with Gasteiger partial charge < -0.3 is 10.2 Å². The van der Waals surface area contributed by atoms with Crippen molar-refractivity contribution in [1.29, 1.82) is 0 Å². The van der Waals surface area contributed by atoms with Crippen LogP contribution in [0.1, 0.15) is 43.0 Å². The largest absolute Gasteiger partial charge is 0.352 e. The van der Waals surface area contributed by atoms with Gasteiger partial charge in [-0.1, -0.05) is 18.2 Å². The molecule has 1 heterocycles. The van der Waals surface area contributed by atoms with E-state index in [-0.39, 0.29) is 11.8 Å². The van der Waals surface area contributed by atoms with E-state index < -0.39 is 0 Å². The van der Waals surface area contributed by atoms with Crippen molar-refractivity contribution in [2.75, 3.05) is 13.1 Å². The van der Waals surface area contributed by atoms with Crippen LogP contribution in [0.25, 0.3) is 0 Å². The summed E-state index contributed by atoms with van der Waals surface area (Å²) in [5.41, 5.74) is 0.631. The zero-order valence-corrected chi connectivity index (χ0v) is 12.0. The molecule has 2 amide bonds. The molecule has 2 rings (SSSR count). The summed E-state index contributed by atoms with van der Waals surface area (Å²) in [6.07, 6.45) is 3.76. The van der Waals surface area contributed by atoms with Gasteiger partial charge in [-0.3, -0.25) is 9.59 Å². The van der Waals surface area contributed by atoms with Crippen molar-refractivity contribution < 1.29 is 9.59 Å².